The van der Waals surface area contributed by atoms with Gasteiger partial charge in [-0.15, -0.1) is 0 Å². The third-order valence-electron chi connectivity index (χ3n) is 2.58. The Kier molecular flexibility index (Phi) is 5.30. The Morgan fingerprint density at radius 1 is 1.28 bits per heavy atom. The molecule has 0 heterocycles. The fourth-order valence-corrected chi connectivity index (χ4v) is 1.49. The van der Waals surface area contributed by atoms with Crippen LogP contribution in [0.3, 0.4) is 0 Å². The van der Waals surface area contributed by atoms with Crippen LogP contribution in [0.4, 0.5) is 4.39 Å². The number of hydrogen-bond donors (Lipinski definition) is 2. The number of benzene rings is 1. The van der Waals surface area contributed by atoms with Crippen LogP contribution in [0.5, 0.6) is 0 Å². The summed E-state index contributed by atoms with van der Waals surface area (Å²) in [5.41, 5.74) is 1.93. The molecule has 1 atom stereocenters. The van der Waals surface area contributed by atoms with Gasteiger partial charge in [-0.1, -0.05) is 31.2 Å². The summed E-state index contributed by atoms with van der Waals surface area (Å²) in [4.78, 5) is 22.0. The van der Waals surface area contributed by atoms with Crippen molar-refractivity contribution in [2.24, 2.45) is 0 Å². The van der Waals surface area contributed by atoms with Crippen molar-refractivity contribution in [1.82, 2.24) is 5.32 Å². The molecule has 5 heteroatoms. The first kappa shape index (κ1) is 14.2. The summed E-state index contributed by atoms with van der Waals surface area (Å²) >= 11 is 0. The summed E-state index contributed by atoms with van der Waals surface area (Å²) in [6.07, 6.45) is 0.961. The lowest BCUT2D eigenvalue weighted by Crippen LogP contribution is -2.43. The second-order valence-corrected chi connectivity index (χ2v) is 3.96. The molecule has 1 aromatic carbocycles. The van der Waals surface area contributed by atoms with Crippen LogP contribution in [0, 0.1) is 0 Å². The van der Waals surface area contributed by atoms with E-state index in [1.807, 2.05) is 31.2 Å². The highest BCUT2D eigenvalue weighted by Crippen LogP contribution is 2.05. The van der Waals surface area contributed by atoms with Crippen LogP contribution in [-0.4, -0.2) is 29.7 Å². The SMILES string of the molecule is CCc1ccc(CC(=O)NC(CF)C(=O)O)cc1. The van der Waals surface area contributed by atoms with Crippen LogP contribution < -0.4 is 5.32 Å². The molecule has 0 radical (unpaired) electrons. The highest BCUT2D eigenvalue weighted by Gasteiger charge is 2.19. The Hall–Kier alpha value is -1.91. The van der Waals surface area contributed by atoms with E-state index in [9.17, 15) is 14.0 Å². The van der Waals surface area contributed by atoms with E-state index in [-0.39, 0.29) is 6.42 Å². The number of carbonyl (C=O) groups excluding carboxylic acids is 1. The van der Waals surface area contributed by atoms with Crippen molar-refractivity contribution in [2.75, 3.05) is 6.67 Å². The maximum Gasteiger partial charge on any atom is 0.328 e. The largest absolute Gasteiger partial charge is 0.480 e. The number of hydrogen-bond acceptors (Lipinski definition) is 2. The lowest BCUT2D eigenvalue weighted by atomic mass is 10.1. The first-order valence-corrected chi connectivity index (χ1v) is 5.72. The van der Waals surface area contributed by atoms with Gasteiger partial charge in [-0.25, -0.2) is 9.18 Å². The minimum Gasteiger partial charge on any atom is -0.480 e. The molecule has 4 nitrogen and oxygen atoms in total. The van der Waals surface area contributed by atoms with Crippen LogP contribution in [0.2, 0.25) is 0 Å². The van der Waals surface area contributed by atoms with Gasteiger partial charge in [0.15, 0.2) is 6.04 Å². The van der Waals surface area contributed by atoms with Crippen LogP contribution in [0.15, 0.2) is 24.3 Å². The average molecular weight is 253 g/mol. The van der Waals surface area contributed by atoms with E-state index in [0.29, 0.717) is 0 Å². The Bertz CT molecular complexity index is 417. The van der Waals surface area contributed by atoms with Crippen molar-refractivity contribution < 1.29 is 19.1 Å². The molecular formula is C13H16FNO3. The number of aliphatic carboxylic acids is 1. The molecule has 1 aromatic rings. The van der Waals surface area contributed by atoms with Crippen molar-refractivity contribution in [2.45, 2.75) is 25.8 Å². The molecule has 0 aliphatic rings. The van der Waals surface area contributed by atoms with Crippen molar-refractivity contribution >= 4 is 11.9 Å². The predicted molar refractivity (Wildman–Crippen MR) is 65.1 cm³/mol. The molecule has 0 fully saturated rings. The summed E-state index contributed by atoms with van der Waals surface area (Å²) < 4.78 is 12.3. The second kappa shape index (κ2) is 6.74. The summed E-state index contributed by atoms with van der Waals surface area (Å²) in [6.45, 7) is 0.913. The van der Waals surface area contributed by atoms with Crippen LogP contribution >= 0.6 is 0 Å². The quantitative estimate of drug-likeness (QED) is 0.803. The summed E-state index contributed by atoms with van der Waals surface area (Å²) in [5, 5.41) is 10.7. The smallest absolute Gasteiger partial charge is 0.328 e. The molecule has 0 saturated carbocycles. The van der Waals surface area contributed by atoms with E-state index in [1.54, 1.807) is 0 Å². The molecule has 1 unspecified atom stereocenters. The van der Waals surface area contributed by atoms with Crippen LogP contribution in [-0.2, 0) is 22.4 Å². The van der Waals surface area contributed by atoms with Gasteiger partial charge in [-0.3, -0.25) is 4.79 Å². The molecule has 0 aliphatic heterocycles. The first-order chi connectivity index (χ1) is 8.56. The van der Waals surface area contributed by atoms with E-state index in [1.165, 1.54) is 0 Å². The Labute approximate surface area is 105 Å². The third kappa shape index (κ3) is 4.16. The fraction of sp³-hybridized carbons (Fsp3) is 0.385. The lowest BCUT2D eigenvalue weighted by Gasteiger charge is -2.10. The van der Waals surface area contributed by atoms with Gasteiger partial charge in [-0.2, -0.15) is 0 Å². The molecular weight excluding hydrogens is 237 g/mol. The molecule has 0 aliphatic carbocycles. The molecule has 2 N–H and O–H groups in total. The zero-order chi connectivity index (χ0) is 13.5. The Balaban J connectivity index is 2.55. The maximum atomic E-state index is 12.3. The average Bonchev–Trinajstić information content (AvgIpc) is 2.36. The van der Waals surface area contributed by atoms with Gasteiger partial charge in [0.25, 0.3) is 0 Å². The molecule has 0 aromatic heterocycles. The summed E-state index contributed by atoms with van der Waals surface area (Å²) in [5.74, 6) is -1.86. The van der Waals surface area contributed by atoms with Gasteiger partial charge in [0, 0.05) is 0 Å². The number of aryl methyl sites for hydroxylation is 1. The monoisotopic (exact) mass is 253 g/mol. The molecule has 1 rings (SSSR count). The van der Waals surface area contributed by atoms with E-state index in [2.05, 4.69) is 5.32 Å². The predicted octanol–water partition coefficient (Wildman–Crippen LogP) is 1.33. The number of amides is 1. The number of carbonyl (C=O) groups is 2. The molecule has 1 amide bonds. The number of nitrogens with one attached hydrogen (secondary N) is 1. The maximum absolute atomic E-state index is 12.3. The minimum atomic E-state index is -1.47. The zero-order valence-electron chi connectivity index (χ0n) is 10.1. The van der Waals surface area contributed by atoms with Gasteiger partial charge in [0.2, 0.25) is 5.91 Å². The topological polar surface area (TPSA) is 66.4 Å². The first-order valence-electron chi connectivity index (χ1n) is 5.72. The van der Waals surface area contributed by atoms with E-state index >= 15 is 0 Å². The normalized spacial score (nSPS) is 11.9. The molecule has 0 bridgehead atoms. The molecule has 98 valence electrons. The number of rotatable bonds is 6. The van der Waals surface area contributed by atoms with Gasteiger partial charge in [0.1, 0.15) is 6.67 Å². The van der Waals surface area contributed by atoms with Gasteiger partial charge in [-0.05, 0) is 17.5 Å². The standard InChI is InChI=1S/C13H16FNO3/c1-2-9-3-5-10(6-4-9)7-12(16)15-11(8-14)13(17)18/h3-6,11H,2,7-8H2,1H3,(H,15,16)(H,17,18). The van der Waals surface area contributed by atoms with E-state index in [4.69, 9.17) is 5.11 Å². The fourth-order valence-electron chi connectivity index (χ4n) is 1.49. The van der Waals surface area contributed by atoms with Gasteiger partial charge < -0.3 is 10.4 Å². The van der Waals surface area contributed by atoms with Crippen molar-refractivity contribution in [3.05, 3.63) is 35.4 Å². The number of carboxylic acid groups (broad SMARTS) is 1. The van der Waals surface area contributed by atoms with Crippen molar-refractivity contribution in [3.8, 4) is 0 Å². The van der Waals surface area contributed by atoms with Gasteiger partial charge >= 0.3 is 5.97 Å². The summed E-state index contributed by atoms with van der Waals surface area (Å²) in [7, 11) is 0. The van der Waals surface area contributed by atoms with E-state index < -0.39 is 24.6 Å². The Morgan fingerprint density at radius 2 is 1.83 bits per heavy atom. The Morgan fingerprint density at radius 3 is 2.28 bits per heavy atom. The van der Waals surface area contributed by atoms with Crippen LogP contribution in [0.25, 0.3) is 0 Å². The number of halogens is 1. The van der Waals surface area contributed by atoms with Crippen LogP contribution in [0.1, 0.15) is 18.1 Å². The van der Waals surface area contributed by atoms with E-state index in [0.717, 1.165) is 17.5 Å². The third-order valence-corrected chi connectivity index (χ3v) is 2.58. The molecule has 18 heavy (non-hydrogen) atoms. The zero-order valence-corrected chi connectivity index (χ0v) is 10.1. The summed E-state index contributed by atoms with van der Waals surface area (Å²) in [6, 6.07) is 5.97. The second-order valence-electron chi connectivity index (χ2n) is 3.96. The number of carboxylic acids is 1. The molecule has 0 spiro atoms. The highest BCUT2D eigenvalue weighted by atomic mass is 19.1. The minimum absolute atomic E-state index is 0.0494. The van der Waals surface area contributed by atoms with Gasteiger partial charge in [0.05, 0.1) is 6.42 Å². The lowest BCUT2D eigenvalue weighted by molar-refractivity contribution is -0.142. The highest BCUT2D eigenvalue weighted by molar-refractivity contribution is 5.84. The number of alkyl halides is 1. The van der Waals surface area contributed by atoms with Crippen molar-refractivity contribution in [1.29, 1.82) is 0 Å². The molecule has 0 saturated heterocycles. The van der Waals surface area contributed by atoms with Crippen molar-refractivity contribution in [3.63, 3.8) is 0 Å².